The lowest BCUT2D eigenvalue weighted by atomic mass is 10.0. The fourth-order valence-electron chi connectivity index (χ4n) is 1.89. The summed E-state index contributed by atoms with van der Waals surface area (Å²) in [4.78, 5) is 0. The van der Waals surface area contributed by atoms with Crippen LogP contribution in [-0.4, -0.2) is 14.2 Å². The van der Waals surface area contributed by atoms with E-state index in [0.29, 0.717) is 17.1 Å². The Hall–Kier alpha value is -2.73. The molecule has 100 valence electrons. The number of hydrogen-bond acceptors (Lipinski definition) is 3. The zero-order valence-electron chi connectivity index (χ0n) is 11.5. The Balaban J connectivity index is 2.45. The average molecular weight is 265 g/mol. The van der Waals surface area contributed by atoms with E-state index >= 15 is 0 Å². The van der Waals surface area contributed by atoms with E-state index in [1.807, 2.05) is 48.6 Å². The molecule has 2 rings (SSSR count). The van der Waals surface area contributed by atoms with Crippen molar-refractivity contribution in [2.75, 3.05) is 14.2 Å². The third kappa shape index (κ3) is 2.99. The van der Waals surface area contributed by atoms with Gasteiger partial charge in [-0.15, -0.1) is 0 Å². The van der Waals surface area contributed by atoms with E-state index in [1.165, 1.54) is 0 Å². The Kier molecular flexibility index (Phi) is 4.41. The van der Waals surface area contributed by atoms with Crippen LogP contribution < -0.4 is 9.47 Å². The van der Waals surface area contributed by atoms with E-state index in [1.54, 1.807) is 20.3 Å². The molecule has 0 atom stereocenters. The molecule has 0 fully saturated rings. The van der Waals surface area contributed by atoms with Gasteiger partial charge in [-0.2, -0.15) is 5.26 Å². The van der Waals surface area contributed by atoms with Crippen molar-refractivity contribution in [3.05, 3.63) is 59.2 Å². The lowest BCUT2D eigenvalue weighted by Gasteiger charge is -2.09. The molecule has 0 aromatic heterocycles. The first-order chi connectivity index (χ1) is 9.78. The van der Waals surface area contributed by atoms with Gasteiger partial charge in [0.1, 0.15) is 23.1 Å². The summed E-state index contributed by atoms with van der Waals surface area (Å²) in [7, 11) is 3.13. The molecule has 0 saturated heterocycles. The van der Waals surface area contributed by atoms with E-state index < -0.39 is 0 Å². The summed E-state index contributed by atoms with van der Waals surface area (Å²) in [6.45, 7) is 0. The first kappa shape index (κ1) is 13.7. The summed E-state index contributed by atoms with van der Waals surface area (Å²) in [5, 5.41) is 9.29. The van der Waals surface area contributed by atoms with Crippen LogP contribution in [0.3, 0.4) is 0 Å². The van der Waals surface area contributed by atoms with Gasteiger partial charge < -0.3 is 9.47 Å². The second-order valence-electron chi connectivity index (χ2n) is 4.15. The molecular formula is C17H15NO2. The summed E-state index contributed by atoms with van der Waals surface area (Å²) < 4.78 is 10.5. The third-order valence-electron chi connectivity index (χ3n) is 2.93. The second-order valence-corrected chi connectivity index (χ2v) is 4.15. The molecule has 0 aliphatic heterocycles. The number of methoxy groups -OCH3 is 2. The Labute approximate surface area is 118 Å². The number of hydrogen-bond donors (Lipinski definition) is 0. The largest absolute Gasteiger partial charge is 0.497 e. The van der Waals surface area contributed by atoms with E-state index in [2.05, 4.69) is 6.07 Å². The van der Waals surface area contributed by atoms with Crippen molar-refractivity contribution in [2.24, 2.45) is 0 Å². The highest BCUT2D eigenvalue weighted by Gasteiger charge is 2.09. The Morgan fingerprint density at radius 1 is 1.00 bits per heavy atom. The zero-order valence-corrected chi connectivity index (χ0v) is 11.5. The quantitative estimate of drug-likeness (QED) is 0.791. The minimum atomic E-state index is 0.500. The van der Waals surface area contributed by atoms with Crippen LogP contribution in [0.25, 0.3) is 12.2 Å². The molecule has 0 amide bonds. The molecule has 0 heterocycles. The fourth-order valence-corrected chi connectivity index (χ4v) is 1.89. The van der Waals surface area contributed by atoms with Crippen LogP contribution in [0.1, 0.15) is 16.7 Å². The molecule has 0 spiro atoms. The van der Waals surface area contributed by atoms with Crippen molar-refractivity contribution in [3.8, 4) is 17.6 Å². The molecular weight excluding hydrogens is 250 g/mol. The predicted molar refractivity (Wildman–Crippen MR) is 79.6 cm³/mol. The maximum Gasteiger partial charge on any atom is 0.140 e. The monoisotopic (exact) mass is 265 g/mol. The normalized spacial score (nSPS) is 10.2. The molecule has 3 nitrogen and oxygen atoms in total. The maximum absolute atomic E-state index is 9.29. The van der Waals surface area contributed by atoms with Crippen LogP contribution in [0.5, 0.6) is 11.5 Å². The van der Waals surface area contributed by atoms with Gasteiger partial charge in [0, 0.05) is 6.07 Å². The predicted octanol–water partition coefficient (Wildman–Crippen LogP) is 3.75. The van der Waals surface area contributed by atoms with Crippen LogP contribution >= 0.6 is 0 Å². The lowest BCUT2D eigenvalue weighted by Crippen LogP contribution is -1.93. The zero-order chi connectivity index (χ0) is 14.4. The van der Waals surface area contributed by atoms with Gasteiger partial charge in [-0.3, -0.25) is 0 Å². The molecule has 0 saturated carbocycles. The van der Waals surface area contributed by atoms with E-state index in [-0.39, 0.29) is 0 Å². The average Bonchev–Trinajstić information content (AvgIpc) is 2.52. The fraction of sp³-hybridized carbons (Fsp3) is 0.118. The first-order valence-electron chi connectivity index (χ1n) is 6.17. The number of nitrogens with zero attached hydrogens (tertiary/aromatic N) is 1. The second kappa shape index (κ2) is 6.44. The molecule has 2 aromatic rings. The molecule has 2 aromatic carbocycles. The third-order valence-corrected chi connectivity index (χ3v) is 2.93. The number of benzene rings is 2. The van der Waals surface area contributed by atoms with Crippen molar-refractivity contribution in [1.82, 2.24) is 0 Å². The number of rotatable bonds is 4. The van der Waals surface area contributed by atoms with E-state index in [9.17, 15) is 5.26 Å². The van der Waals surface area contributed by atoms with Crippen molar-refractivity contribution < 1.29 is 9.47 Å². The first-order valence-corrected chi connectivity index (χ1v) is 6.17. The van der Waals surface area contributed by atoms with Gasteiger partial charge in [-0.05, 0) is 17.2 Å². The summed E-state index contributed by atoms with van der Waals surface area (Å²) in [5.74, 6) is 1.17. The van der Waals surface area contributed by atoms with Crippen LogP contribution in [-0.2, 0) is 0 Å². The van der Waals surface area contributed by atoms with Gasteiger partial charge >= 0.3 is 0 Å². The SMILES string of the molecule is COc1cc(/C=C/c2ccccc2)c(C#N)c(OC)c1. The lowest BCUT2D eigenvalue weighted by molar-refractivity contribution is 0.393. The van der Waals surface area contributed by atoms with Gasteiger partial charge in [0.25, 0.3) is 0 Å². The van der Waals surface area contributed by atoms with Gasteiger partial charge in [-0.1, -0.05) is 42.5 Å². The summed E-state index contributed by atoms with van der Waals surface area (Å²) >= 11 is 0. The topological polar surface area (TPSA) is 42.2 Å². The smallest absolute Gasteiger partial charge is 0.140 e. The van der Waals surface area contributed by atoms with Crippen LogP contribution in [0.2, 0.25) is 0 Å². The van der Waals surface area contributed by atoms with Crippen LogP contribution in [0.4, 0.5) is 0 Å². The molecule has 3 heteroatoms. The molecule has 0 bridgehead atoms. The maximum atomic E-state index is 9.29. The summed E-state index contributed by atoms with van der Waals surface area (Å²) in [6.07, 6.45) is 3.84. The molecule has 0 N–H and O–H groups in total. The highest BCUT2D eigenvalue weighted by molar-refractivity contribution is 5.75. The number of nitriles is 1. The molecule has 0 aliphatic rings. The Bertz CT molecular complexity index is 655. The highest BCUT2D eigenvalue weighted by atomic mass is 16.5. The van der Waals surface area contributed by atoms with Crippen molar-refractivity contribution >= 4 is 12.2 Å². The van der Waals surface area contributed by atoms with E-state index in [4.69, 9.17) is 9.47 Å². The minimum absolute atomic E-state index is 0.500. The standard InChI is InChI=1S/C17H15NO2/c1-19-15-10-14(16(12-18)17(11-15)20-2)9-8-13-6-4-3-5-7-13/h3-11H,1-2H3/b9-8+. The highest BCUT2D eigenvalue weighted by Crippen LogP contribution is 2.29. The summed E-state index contributed by atoms with van der Waals surface area (Å²) in [5.41, 5.74) is 2.34. The molecule has 0 unspecified atom stereocenters. The van der Waals surface area contributed by atoms with Gasteiger partial charge in [-0.25, -0.2) is 0 Å². The Morgan fingerprint density at radius 3 is 2.35 bits per heavy atom. The van der Waals surface area contributed by atoms with Gasteiger partial charge in [0.15, 0.2) is 0 Å². The molecule has 20 heavy (non-hydrogen) atoms. The van der Waals surface area contributed by atoms with Crippen molar-refractivity contribution in [3.63, 3.8) is 0 Å². The van der Waals surface area contributed by atoms with E-state index in [0.717, 1.165) is 11.1 Å². The number of ether oxygens (including phenoxy) is 2. The van der Waals surface area contributed by atoms with Gasteiger partial charge in [0.05, 0.1) is 14.2 Å². The van der Waals surface area contributed by atoms with Gasteiger partial charge in [0.2, 0.25) is 0 Å². The van der Waals surface area contributed by atoms with Crippen molar-refractivity contribution in [1.29, 1.82) is 5.26 Å². The molecule has 0 aliphatic carbocycles. The molecule has 0 radical (unpaired) electrons. The van der Waals surface area contributed by atoms with Crippen LogP contribution in [0, 0.1) is 11.3 Å². The minimum Gasteiger partial charge on any atom is -0.497 e. The van der Waals surface area contributed by atoms with Crippen LogP contribution in [0.15, 0.2) is 42.5 Å². The van der Waals surface area contributed by atoms with Crippen molar-refractivity contribution in [2.45, 2.75) is 0 Å². The summed E-state index contributed by atoms with van der Waals surface area (Å²) in [6, 6.07) is 15.6. The Morgan fingerprint density at radius 2 is 1.75 bits per heavy atom.